The lowest BCUT2D eigenvalue weighted by atomic mass is 9.71. The highest BCUT2D eigenvalue weighted by Crippen LogP contribution is 2.40. The Morgan fingerprint density at radius 2 is 2.07 bits per heavy atom. The Bertz CT molecular complexity index is 863. The Morgan fingerprint density at radius 3 is 2.86 bits per heavy atom. The minimum absolute atomic E-state index is 0.0313. The van der Waals surface area contributed by atoms with Crippen LogP contribution < -0.4 is 5.32 Å². The SMILES string of the molecule is O=C(CC1(Cn2cnnn2)CCCCC1)NCCCc1nc2ccccc2[nH]1. The molecule has 3 aromatic rings. The molecule has 0 bridgehead atoms. The smallest absolute Gasteiger partial charge is 0.220 e. The second kappa shape index (κ2) is 8.50. The highest BCUT2D eigenvalue weighted by molar-refractivity contribution is 5.76. The third-order valence-corrected chi connectivity index (χ3v) is 5.69. The molecule has 1 aromatic carbocycles. The van der Waals surface area contributed by atoms with Gasteiger partial charge in [0, 0.05) is 19.4 Å². The zero-order chi connectivity index (χ0) is 19.2. The Labute approximate surface area is 164 Å². The molecule has 8 nitrogen and oxygen atoms in total. The summed E-state index contributed by atoms with van der Waals surface area (Å²) >= 11 is 0. The van der Waals surface area contributed by atoms with Crippen LogP contribution in [0.2, 0.25) is 0 Å². The number of aromatic amines is 1. The quantitative estimate of drug-likeness (QED) is 0.584. The number of carbonyl (C=O) groups is 1. The van der Waals surface area contributed by atoms with Crippen LogP contribution in [0.4, 0.5) is 0 Å². The molecule has 1 saturated carbocycles. The molecule has 2 heterocycles. The van der Waals surface area contributed by atoms with E-state index in [4.69, 9.17) is 0 Å². The van der Waals surface area contributed by atoms with Crippen LogP contribution in [-0.4, -0.2) is 42.6 Å². The molecular formula is C20H27N7O. The summed E-state index contributed by atoms with van der Waals surface area (Å²) in [5.74, 6) is 1.09. The summed E-state index contributed by atoms with van der Waals surface area (Å²) in [5, 5.41) is 14.6. The van der Waals surface area contributed by atoms with E-state index >= 15 is 0 Å². The van der Waals surface area contributed by atoms with E-state index in [1.165, 1.54) is 19.3 Å². The number of fused-ring (bicyclic) bond motifs is 1. The number of benzene rings is 1. The van der Waals surface area contributed by atoms with Gasteiger partial charge in [0.1, 0.15) is 12.2 Å². The number of tetrazole rings is 1. The third kappa shape index (κ3) is 4.55. The van der Waals surface area contributed by atoms with Gasteiger partial charge in [-0.05, 0) is 47.2 Å². The van der Waals surface area contributed by atoms with E-state index < -0.39 is 0 Å². The van der Waals surface area contributed by atoms with E-state index in [2.05, 4.69) is 30.8 Å². The number of amides is 1. The maximum atomic E-state index is 12.6. The monoisotopic (exact) mass is 381 g/mol. The van der Waals surface area contributed by atoms with Gasteiger partial charge >= 0.3 is 0 Å². The van der Waals surface area contributed by atoms with Gasteiger partial charge in [-0.15, -0.1) is 5.10 Å². The van der Waals surface area contributed by atoms with E-state index in [0.29, 0.717) is 19.5 Å². The molecule has 0 spiro atoms. The average molecular weight is 381 g/mol. The van der Waals surface area contributed by atoms with Crippen molar-refractivity contribution in [3.63, 3.8) is 0 Å². The number of nitrogens with zero attached hydrogens (tertiary/aromatic N) is 5. The number of nitrogens with one attached hydrogen (secondary N) is 2. The van der Waals surface area contributed by atoms with Crippen molar-refractivity contribution in [2.24, 2.45) is 5.41 Å². The summed E-state index contributed by atoms with van der Waals surface area (Å²) in [6, 6.07) is 8.03. The molecular weight excluding hydrogens is 354 g/mol. The topological polar surface area (TPSA) is 101 Å². The second-order valence-electron chi connectivity index (χ2n) is 7.90. The van der Waals surface area contributed by atoms with E-state index in [1.807, 2.05) is 24.3 Å². The van der Waals surface area contributed by atoms with Gasteiger partial charge in [0.2, 0.25) is 5.91 Å². The van der Waals surface area contributed by atoms with Gasteiger partial charge in [-0.25, -0.2) is 9.67 Å². The number of aromatic nitrogens is 6. The molecule has 0 atom stereocenters. The largest absolute Gasteiger partial charge is 0.356 e. The van der Waals surface area contributed by atoms with Gasteiger partial charge in [-0.1, -0.05) is 31.4 Å². The number of para-hydroxylation sites is 2. The normalized spacial score (nSPS) is 16.3. The number of rotatable bonds is 8. The van der Waals surface area contributed by atoms with Crippen LogP contribution in [0.3, 0.4) is 0 Å². The van der Waals surface area contributed by atoms with Gasteiger partial charge in [0.05, 0.1) is 17.6 Å². The lowest BCUT2D eigenvalue weighted by molar-refractivity contribution is -0.124. The van der Waals surface area contributed by atoms with Crippen molar-refractivity contribution in [1.82, 2.24) is 35.5 Å². The van der Waals surface area contributed by atoms with Crippen LogP contribution in [-0.2, 0) is 17.8 Å². The van der Waals surface area contributed by atoms with Crippen molar-refractivity contribution >= 4 is 16.9 Å². The summed E-state index contributed by atoms with van der Waals surface area (Å²) in [7, 11) is 0. The zero-order valence-corrected chi connectivity index (χ0v) is 16.1. The van der Waals surface area contributed by atoms with Crippen molar-refractivity contribution in [3.8, 4) is 0 Å². The first kappa shape index (κ1) is 18.6. The highest BCUT2D eigenvalue weighted by atomic mass is 16.1. The number of aryl methyl sites for hydroxylation is 1. The molecule has 0 aliphatic heterocycles. The number of imidazole rings is 1. The Hall–Kier alpha value is -2.77. The molecule has 1 aliphatic rings. The number of carbonyl (C=O) groups excluding carboxylic acids is 1. The molecule has 0 saturated heterocycles. The molecule has 1 aliphatic carbocycles. The fourth-order valence-corrected chi connectivity index (χ4v) is 4.30. The first-order chi connectivity index (χ1) is 13.7. The van der Waals surface area contributed by atoms with Crippen molar-refractivity contribution < 1.29 is 4.79 Å². The van der Waals surface area contributed by atoms with Gasteiger partial charge in [-0.2, -0.15) is 0 Å². The van der Waals surface area contributed by atoms with Crippen molar-refractivity contribution in [3.05, 3.63) is 36.4 Å². The predicted molar refractivity (Wildman–Crippen MR) is 105 cm³/mol. The average Bonchev–Trinajstić information content (AvgIpc) is 3.35. The van der Waals surface area contributed by atoms with Crippen LogP contribution in [0.15, 0.2) is 30.6 Å². The minimum Gasteiger partial charge on any atom is -0.356 e. The standard InChI is InChI=1S/C20H27N7O/c28-19(13-20(10-4-1-5-11-20)14-27-15-22-25-26-27)21-12-6-9-18-23-16-7-2-3-8-17(16)24-18/h2-3,7-8,15H,1,4-6,9-14H2,(H,21,28)(H,23,24). The van der Waals surface area contributed by atoms with Gasteiger partial charge in [0.15, 0.2) is 0 Å². The van der Waals surface area contributed by atoms with Gasteiger partial charge in [-0.3, -0.25) is 4.79 Å². The summed E-state index contributed by atoms with van der Waals surface area (Å²) in [6.07, 6.45) is 9.56. The molecule has 4 rings (SSSR count). The minimum atomic E-state index is -0.0313. The molecule has 2 aromatic heterocycles. The van der Waals surface area contributed by atoms with Crippen LogP contribution >= 0.6 is 0 Å². The number of hydrogen-bond donors (Lipinski definition) is 2. The van der Waals surface area contributed by atoms with E-state index in [-0.39, 0.29) is 11.3 Å². The van der Waals surface area contributed by atoms with Crippen molar-refractivity contribution in [2.45, 2.75) is 57.9 Å². The first-order valence-corrected chi connectivity index (χ1v) is 10.1. The molecule has 0 radical (unpaired) electrons. The van der Waals surface area contributed by atoms with Crippen LogP contribution in [0, 0.1) is 5.41 Å². The molecule has 28 heavy (non-hydrogen) atoms. The summed E-state index contributed by atoms with van der Waals surface area (Å²) in [4.78, 5) is 20.5. The lowest BCUT2D eigenvalue weighted by Crippen LogP contribution is -2.37. The summed E-state index contributed by atoms with van der Waals surface area (Å²) in [5.41, 5.74) is 2.02. The Kier molecular flexibility index (Phi) is 5.64. The molecule has 0 unspecified atom stereocenters. The summed E-state index contributed by atoms with van der Waals surface area (Å²) in [6.45, 7) is 1.38. The number of H-pyrrole nitrogens is 1. The summed E-state index contributed by atoms with van der Waals surface area (Å²) < 4.78 is 1.76. The maximum Gasteiger partial charge on any atom is 0.220 e. The van der Waals surface area contributed by atoms with E-state index in [9.17, 15) is 4.79 Å². The number of hydrogen-bond acceptors (Lipinski definition) is 5. The van der Waals surface area contributed by atoms with Gasteiger partial charge in [0.25, 0.3) is 0 Å². The fraction of sp³-hybridized carbons (Fsp3) is 0.550. The van der Waals surface area contributed by atoms with Crippen LogP contribution in [0.1, 0.15) is 50.8 Å². The fourth-order valence-electron chi connectivity index (χ4n) is 4.30. The predicted octanol–water partition coefficient (Wildman–Crippen LogP) is 2.64. The second-order valence-corrected chi connectivity index (χ2v) is 7.90. The van der Waals surface area contributed by atoms with Gasteiger partial charge < -0.3 is 10.3 Å². The maximum absolute atomic E-state index is 12.6. The lowest BCUT2D eigenvalue weighted by Gasteiger charge is -2.36. The Balaban J connectivity index is 1.26. The zero-order valence-electron chi connectivity index (χ0n) is 16.1. The Morgan fingerprint density at radius 1 is 1.21 bits per heavy atom. The molecule has 8 heteroatoms. The molecule has 1 fully saturated rings. The highest BCUT2D eigenvalue weighted by Gasteiger charge is 2.35. The van der Waals surface area contributed by atoms with Crippen molar-refractivity contribution in [2.75, 3.05) is 6.54 Å². The van der Waals surface area contributed by atoms with E-state index in [0.717, 1.165) is 42.5 Å². The molecule has 1 amide bonds. The third-order valence-electron chi connectivity index (χ3n) is 5.69. The molecule has 2 N–H and O–H groups in total. The van der Waals surface area contributed by atoms with Crippen LogP contribution in [0.5, 0.6) is 0 Å². The molecule has 148 valence electrons. The van der Waals surface area contributed by atoms with Crippen molar-refractivity contribution in [1.29, 1.82) is 0 Å². The van der Waals surface area contributed by atoms with Crippen LogP contribution in [0.25, 0.3) is 11.0 Å². The van der Waals surface area contributed by atoms with E-state index in [1.54, 1.807) is 11.0 Å². The first-order valence-electron chi connectivity index (χ1n) is 10.1.